The third kappa shape index (κ3) is 2.56. The van der Waals surface area contributed by atoms with Crippen LogP contribution in [-0.4, -0.2) is 22.8 Å². The third-order valence-corrected chi connectivity index (χ3v) is 2.37. The van der Waals surface area contributed by atoms with Gasteiger partial charge in [0, 0.05) is 0 Å². The lowest BCUT2D eigenvalue weighted by atomic mass is 10.2. The van der Waals surface area contributed by atoms with Crippen molar-refractivity contribution < 1.29 is 28.9 Å². The van der Waals surface area contributed by atoms with Crippen LogP contribution in [-0.2, 0) is 4.79 Å². The van der Waals surface area contributed by atoms with E-state index in [0.29, 0.717) is 0 Å². The van der Waals surface area contributed by atoms with E-state index in [9.17, 15) is 14.7 Å². The highest BCUT2D eigenvalue weighted by molar-refractivity contribution is 5.86. The first kappa shape index (κ1) is 13.5. The molecule has 2 rings (SSSR count). The molecular formula is C13H10O7. The Kier molecular flexibility index (Phi) is 3.60. The predicted octanol–water partition coefficient (Wildman–Crippen LogP) is 1.48. The van der Waals surface area contributed by atoms with Gasteiger partial charge in [-0.25, -0.2) is 9.59 Å². The first-order valence-electron chi connectivity index (χ1n) is 5.45. The van der Waals surface area contributed by atoms with Gasteiger partial charge in [0.05, 0.1) is 11.6 Å². The number of hydrogen-bond donors (Lipinski definition) is 2. The number of aromatic hydroxyl groups is 1. The zero-order valence-corrected chi connectivity index (χ0v) is 10.2. The normalized spacial score (nSPS) is 10.2. The molecule has 0 aliphatic carbocycles. The second-order valence-corrected chi connectivity index (χ2v) is 3.69. The summed E-state index contributed by atoms with van der Waals surface area (Å²) >= 11 is 0. The molecule has 0 atom stereocenters. The number of aliphatic carboxylic acids is 1. The van der Waals surface area contributed by atoms with Gasteiger partial charge in [-0.1, -0.05) is 6.58 Å². The molecule has 7 nitrogen and oxygen atoms in total. The SMILES string of the molecule is C=COc1c(O)c2cc(OCC(=O)O)ccc2oc1=O. The summed E-state index contributed by atoms with van der Waals surface area (Å²) in [5.74, 6) is -1.77. The fourth-order valence-corrected chi connectivity index (χ4v) is 1.57. The van der Waals surface area contributed by atoms with Crippen LogP contribution in [0.1, 0.15) is 0 Å². The number of carboxylic acids is 1. The van der Waals surface area contributed by atoms with Crippen molar-refractivity contribution in [2.45, 2.75) is 0 Å². The summed E-state index contributed by atoms with van der Waals surface area (Å²) in [6.45, 7) is 2.75. The van der Waals surface area contributed by atoms with Crippen molar-refractivity contribution in [2.75, 3.05) is 6.61 Å². The van der Waals surface area contributed by atoms with Crippen molar-refractivity contribution in [1.29, 1.82) is 0 Å². The number of ether oxygens (including phenoxy) is 2. The zero-order chi connectivity index (χ0) is 14.7. The Labute approximate surface area is 112 Å². The van der Waals surface area contributed by atoms with Gasteiger partial charge in [-0.15, -0.1) is 0 Å². The van der Waals surface area contributed by atoms with Crippen LogP contribution in [0, 0.1) is 0 Å². The number of fused-ring (bicyclic) bond motifs is 1. The van der Waals surface area contributed by atoms with Crippen LogP contribution in [0.25, 0.3) is 11.0 Å². The standard InChI is InChI=1S/C13H10O7/c1-2-18-12-11(16)8-5-7(19-6-10(14)15)3-4-9(8)20-13(12)17/h2-5,16H,1,6H2,(H,14,15). The summed E-state index contributed by atoms with van der Waals surface area (Å²) in [6.07, 6.45) is 0.975. The molecule has 0 spiro atoms. The average molecular weight is 278 g/mol. The summed E-state index contributed by atoms with van der Waals surface area (Å²) in [6, 6.07) is 4.14. The molecular weight excluding hydrogens is 268 g/mol. The van der Waals surface area contributed by atoms with E-state index < -0.39 is 29.7 Å². The van der Waals surface area contributed by atoms with Crippen molar-refractivity contribution >= 4 is 16.9 Å². The average Bonchev–Trinajstić information content (AvgIpc) is 2.41. The molecule has 104 valence electrons. The van der Waals surface area contributed by atoms with Crippen LogP contribution < -0.4 is 15.1 Å². The van der Waals surface area contributed by atoms with E-state index in [1.807, 2.05) is 0 Å². The van der Waals surface area contributed by atoms with E-state index in [4.69, 9.17) is 19.0 Å². The molecule has 7 heteroatoms. The number of hydrogen-bond acceptors (Lipinski definition) is 6. The van der Waals surface area contributed by atoms with Gasteiger partial charge in [0.2, 0.25) is 0 Å². The van der Waals surface area contributed by atoms with Crippen LogP contribution >= 0.6 is 0 Å². The van der Waals surface area contributed by atoms with Crippen molar-refractivity contribution in [3.63, 3.8) is 0 Å². The molecule has 0 fully saturated rings. The first-order valence-corrected chi connectivity index (χ1v) is 5.45. The second-order valence-electron chi connectivity index (χ2n) is 3.69. The Morgan fingerprint density at radius 3 is 2.85 bits per heavy atom. The van der Waals surface area contributed by atoms with Gasteiger partial charge in [-0.2, -0.15) is 0 Å². The Bertz CT molecular complexity index is 729. The maximum atomic E-state index is 11.5. The second kappa shape index (κ2) is 5.35. The molecule has 1 aromatic heterocycles. The number of rotatable bonds is 5. The predicted molar refractivity (Wildman–Crippen MR) is 68.1 cm³/mol. The van der Waals surface area contributed by atoms with Crippen LogP contribution in [0.5, 0.6) is 17.2 Å². The minimum atomic E-state index is -1.13. The minimum Gasteiger partial charge on any atom is -0.504 e. The van der Waals surface area contributed by atoms with Gasteiger partial charge < -0.3 is 24.1 Å². The van der Waals surface area contributed by atoms with Crippen LogP contribution in [0.2, 0.25) is 0 Å². The summed E-state index contributed by atoms with van der Waals surface area (Å²) in [7, 11) is 0. The minimum absolute atomic E-state index is 0.117. The maximum absolute atomic E-state index is 11.5. The van der Waals surface area contributed by atoms with Crippen molar-refractivity contribution in [1.82, 2.24) is 0 Å². The smallest absolute Gasteiger partial charge is 0.383 e. The fraction of sp³-hybridized carbons (Fsp3) is 0.0769. The lowest BCUT2D eigenvalue weighted by Crippen LogP contribution is -2.09. The van der Waals surface area contributed by atoms with Gasteiger partial charge in [0.25, 0.3) is 5.75 Å². The Morgan fingerprint density at radius 1 is 1.45 bits per heavy atom. The number of carbonyl (C=O) groups is 1. The maximum Gasteiger partial charge on any atom is 0.383 e. The molecule has 20 heavy (non-hydrogen) atoms. The quantitative estimate of drug-likeness (QED) is 0.630. The summed E-state index contributed by atoms with van der Waals surface area (Å²) in [5.41, 5.74) is -0.735. The molecule has 0 radical (unpaired) electrons. The molecule has 2 N–H and O–H groups in total. The van der Waals surface area contributed by atoms with Crippen LogP contribution in [0.15, 0.2) is 40.3 Å². The first-order chi connectivity index (χ1) is 9.52. The molecule has 0 amide bonds. The van der Waals surface area contributed by atoms with Crippen molar-refractivity contribution in [2.24, 2.45) is 0 Å². The van der Waals surface area contributed by atoms with E-state index in [1.165, 1.54) is 18.2 Å². The molecule has 0 saturated carbocycles. The monoisotopic (exact) mass is 278 g/mol. The molecule has 2 aromatic rings. The van der Waals surface area contributed by atoms with Crippen LogP contribution in [0.4, 0.5) is 0 Å². The third-order valence-electron chi connectivity index (χ3n) is 2.37. The van der Waals surface area contributed by atoms with Gasteiger partial charge in [-0.3, -0.25) is 0 Å². The fourth-order valence-electron chi connectivity index (χ4n) is 1.57. The highest BCUT2D eigenvalue weighted by atomic mass is 16.5. The van der Waals surface area contributed by atoms with E-state index in [2.05, 4.69) is 6.58 Å². The van der Waals surface area contributed by atoms with Gasteiger partial charge >= 0.3 is 11.6 Å². The lowest BCUT2D eigenvalue weighted by Gasteiger charge is -2.07. The Hall–Kier alpha value is -2.96. The molecule has 0 bridgehead atoms. The van der Waals surface area contributed by atoms with Crippen molar-refractivity contribution in [3.05, 3.63) is 41.5 Å². The largest absolute Gasteiger partial charge is 0.504 e. The topological polar surface area (TPSA) is 106 Å². The summed E-state index contributed by atoms with van der Waals surface area (Å²) < 4.78 is 14.7. The summed E-state index contributed by atoms with van der Waals surface area (Å²) in [4.78, 5) is 22.0. The zero-order valence-electron chi connectivity index (χ0n) is 10.2. The molecule has 0 aliphatic rings. The number of benzene rings is 1. The molecule has 0 aliphatic heterocycles. The number of carboxylic acid groups (broad SMARTS) is 1. The van der Waals surface area contributed by atoms with Crippen molar-refractivity contribution in [3.8, 4) is 17.2 Å². The van der Waals surface area contributed by atoms with Gasteiger partial charge in [0.15, 0.2) is 12.4 Å². The van der Waals surface area contributed by atoms with Gasteiger partial charge in [-0.05, 0) is 18.2 Å². The van der Waals surface area contributed by atoms with E-state index in [-0.39, 0.29) is 16.7 Å². The molecule has 1 heterocycles. The highest BCUT2D eigenvalue weighted by Crippen LogP contribution is 2.33. The van der Waals surface area contributed by atoms with Crippen LogP contribution in [0.3, 0.4) is 0 Å². The van der Waals surface area contributed by atoms with E-state index >= 15 is 0 Å². The van der Waals surface area contributed by atoms with E-state index in [1.54, 1.807) is 0 Å². The lowest BCUT2D eigenvalue weighted by molar-refractivity contribution is -0.139. The Balaban J connectivity index is 2.52. The summed E-state index contributed by atoms with van der Waals surface area (Å²) in [5, 5.41) is 18.6. The van der Waals surface area contributed by atoms with E-state index in [0.717, 1.165) is 6.26 Å². The molecule has 1 aromatic carbocycles. The molecule has 0 unspecified atom stereocenters. The Morgan fingerprint density at radius 2 is 2.20 bits per heavy atom. The van der Waals surface area contributed by atoms with Gasteiger partial charge in [0.1, 0.15) is 11.3 Å². The molecule has 0 saturated heterocycles. The highest BCUT2D eigenvalue weighted by Gasteiger charge is 2.15.